The first-order valence-electron chi connectivity index (χ1n) is 6.40. The molecule has 1 heterocycles. The van der Waals surface area contributed by atoms with E-state index in [2.05, 4.69) is 39.0 Å². The van der Waals surface area contributed by atoms with Crippen molar-refractivity contribution in [3.63, 3.8) is 0 Å². The van der Waals surface area contributed by atoms with Gasteiger partial charge in [-0.1, -0.05) is 34.1 Å². The quantitative estimate of drug-likeness (QED) is 0.652. The lowest BCUT2D eigenvalue weighted by Crippen LogP contribution is -1.94. The summed E-state index contributed by atoms with van der Waals surface area (Å²) in [5.41, 5.74) is 3.37. The lowest BCUT2D eigenvalue weighted by Gasteiger charge is -2.05. The molecule has 1 heteroatoms. The van der Waals surface area contributed by atoms with Crippen LogP contribution in [0.5, 0.6) is 0 Å². The second-order valence-electron chi connectivity index (χ2n) is 4.07. The summed E-state index contributed by atoms with van der Waals surface area (Å²) < 4.78 is 0. The van der Waals surface area contributed by atoms with E-state index in [1.54, 1.807) is 20.9 Å². The molecule has 0 amide bonds. The fourth-order valence-corrected chi connectivity index (χ4v) is 3.56. The van der Waals surface area contributed by atoms with Gasteiger partial charge in [0.05, 0.1) is 0 Å². The van der Waals surface area contributed by atoms with Crippen LogP contribution in [0, 0.1) is 0 Å². The Morgan fingerprint density at radius 2 is 1.40 bits per heavy atom. The van der Waals surface area contributed by atoms with E-state index in [4.69, 9.17) is 0 Å². The van der Waals surface area contributed by atoms with Crippen LogP contribution in [0.1, 0.15) is 61.4 Å². The van der Waals surface area contributed by atoms with Crippen molar-refractivity contribution in [3.8, 4) is 0 Å². The van der Waals surface area contributed by atoms with Crippen molar-refractivity contribution in [2.24, 2.45) is 0 Å². The first-order valence-corrected chi connectivity index (χ1v) is 7.22. The standard InChI is InChI=1S/C14H24S/c1-5-9-10-12-11(6-2)13(7-3)15-14(12)8-4/h5-10H2,1-4H3. The molecule has 0 radical (unpaired) electrons. The molecule has 0 aromatic carbocycles. The van der Waals surface area contributed by atoms with Gasteiger partial charge < -0.3 is 0 Å². The molecule has 0 aliphatic heterocycles. The molecule has 86 valence electrons. The molecule has 1 aromatic heterocycles. The summed E-state index contributed by atoms with van der Waals surface area (Å²) in [6.45, 7) is 9.16. The first kappa shape index (κ1) is 12.8. The van der Waals surface area contributed by atoms with Crippen LogP contribution in [0.3, 0.4) is 0 Å². The van der Waals surface area contributed by atoms with Crippen molar-refractivity contribution < 1.29 is 0 Å². The van der Waals surface area contributed by atoms with Gasteiger partial charge in [0.15, 0.2) is 0 Å². The van der Waals surface area contributed by atoms with Gasteiger partial charge in [-0.05, 0) is 43.2 Å². The van der Waals surface area contributed by atoms with Crippen LogP contribution in [0.25, 0.3) is 0 Å². The monoisotopic (exact) mass is 224 g/mol. The third-order valence-corrected chi connectivity index (χ3v) is 4.62. The summed E-state index contributed by atoms with van der Waals surface area (Å²) in [6, 6.07) is 0. The van der Waals surface area contributed by atoms with Gasteiger partial charge in [-0.3, -0.25) is 0 Å². The molecule has 1 aromatic rings. The van der Waals surface area contributed by atoms with Crippen molar-refractivity contribution in [2.45, 2.75) is 66.2 Å². The maximum Gasteiger partial charge on any atom is 0.00802 e. The molecule has 0 fully saturated rings. The van der Waals surface area contributed by atoms with E-state index < -0.39 is 0 Å². The maximum atomic E-state index is 2.30. The third-order valence-electron chi connectivity index (χ3n) is 3.06. The van der Waals surface area contributed by atoms with E-state index in [1.165, 1.54) is 38.5 Å². The van der Waals surface area contributed by atoms with Crippen LogP contribution in [0.2, 0.25) is 0 Å². The highest BCUT2D eigenvalue weighted by Crippen LogP contribution is 2.31. The first-order chi connectivity index (χ1) is 7.28. The van der Waals surface area contributed by atoms with Crippen molar-refractivity contribution in [2.75, 3.05) is 0 Å². The minimum atomic E-state index is 1.22. The molecule has 0 spiro atoms. The van der Waals surface area contributed by atoms with Crippen LogP contribution in [-0.4, -0.2) is 0 Å². The molecule has 0 aliphatic rings. The highest BCUT2D eigenvalue weighted by molar-refractivity contribution is 7.12. The molecule has 15 heavy (non-hydrogen) atoms. The lowest BCUT2D eigenvalue weighted by molar-refractivity contribution is 0.782. The van der Waals surface area contributed by atoms with Crippen molar-refractivity contribution >= 4 is 11.3 Å². The van der Waals surface area contributed by atoms with E-state index in [0.29, 0.717) is 0 Å². The Morgan fingerprint density at radius 1 is 0.800 bits per heavy atom. The second kappa shape index (κ2) is 6.32. The molecule has 0 unspecified atom stereocenters. The number of hydrogen-bond donors (Lipinski definition) is 0. The SMILES string of the molecule is CCCCc1c(CC)sc(CC)c1CC. The Balaban J connectivity index is 3.01. The summed E-state index contributed by atoms with van der Waals surface area (Å²) in [6.07, 6.45) is 7.62. The van der Waals surface area contributed by atoms with Gasteiger partial charge in [-0.15, -0.1) is 11.3 Å². The number of rotatable bonds is 6. The van der Waals surface area contributed by atoms with Gasteiger partial charge in [-0.25, -0.2) is 0 Å². The Kier molecular flexibility index (Phi) is 5.38. The van der Waals surface area contributed by atoms with E-state index in [-0.39, 0.29) is 0 Å². The largest absolute Gasteiger partial charge is 0.145 e. The predicted molar refractivity (Wildman–Crippen MR) is 71.1 cm³/mol. The average molecular weight is 224 g/mol. The topological polar surface area (TPSA) is 0 Å². The van der Waals surface area contributed by atoms with Crippen LogP contribution >= 0.6 is 11.3 Å². The number of unbranched alkanes of at least 4 members (excludes halogenated alkanes) is 1. The molecule has 0 atom stereocenters. The van der Waals surface area contributed by atoms with E-state index >= 15 is 0 Å². The minimum absolute atomic E-state index is 1.22. The lowest BCUT2D eigenvalue weighted by atomic mass is 9.99. The predicted octanol–water partition coefficient (Wildman–Crippen LogP) is 4.78. The molecule has 0 saturated carbocycles. The highest BCUT2D eigenvalue weighted by Gasteiger charge is 2.13. The van der Waals surface area contributed by atoms with Gasteiger partial charge in [0.25, 0.3) is 0 Å². The Bertz CT molecular complexity index is 297. The summed E-state index contributed by atoms with van der Waals surface area (Å²) in [5.74, 6) is 0. The zero-order valence-electron chi connectivity index (χ0n) is 10.7. The average Bonchev–Trinajstić information content (AvgIpc) is 2.62. The normalized spacial score (nSPS) is 10.9. The molecular weight excluding hydrogens is 200 g/mol. The minimum Gasteiger partial charge on any atom is -0.145 e. The van der Waals surface area contributed by atoms with Crippen LogP contribution in [-0.2, 0) is 25.7 Å². The zero-order chi connectivity index (χ0) is 11.3. The molecule has 0 nitrogen and oxygen atoms in total. The molecule has 0 N–H and O–H groups in total. The van der Waals surface area contributed by atoms with Crippen LogP contribution in [0.15, 0.2) is 0 Å². The molecule has 0 aliphatic carbocycles. The van der Waals surface area contributed by atoms with Crippen molar-refractivity contribution in [1.82, 2.24) is 0 Å². The van der Waals surface area contributed by atoms with Gasteiger partial charge >= 0.3 is 0 Å². The number of thiophene rings is 1. The van der Waals surface area contributed by atoms with Crippen LogP contribution in [0.4, 0.5) is 0 Å². The summed E-state index contributed by atoms with van der Waals surface area (Å²) in [4.78, 5) is 3.29. The summed E-state index contributed by atoms with van der Waals surface area (Å²) in [5, 5.41) is 0. The highest BCUT2D eigenvalue weighted by atomic mass is 32.1. The van der Waals surface area contributed by atoms with Crippen molar-refractivity contribution in [3.05, 3.63) is 20.9 Å². The summed E-state index contributed by atoms with van der Waals surface area (Å²) >= 11 is 2.06. The fraction of sp³-hybridized carbons (Fsp3) is 0.714. The Labute approximate surface area is 98.7 Å². The smallest absolute Gasteiger partial charge is 0.00802 e. The van der Waals surface area contributed by atoms with Gasteiger partial charge in [0, 0.05) is 9.75 Å². The van der Waals surface area contributed by atoms with Gasteiger partial charge in [-0.2, -0.15) is 0 Å². The van der Waals surface area contributed by atoms with E-state index in [9.17, 15) is 0 Å². The molecule has 0 saturated heterocycles. The van der Waals surface area contributed by atoms with Crippen molar-refractivity contribution in [1.29, 1.82) is 0 Å². The Hall–Kier alpha value is -0.300. The second-order valence-corrected chi connectivity index (χ2v) is 5.26. The van der Waals surface area contributed by atoms with E-state index in [0.717, 1.165) is 0 Å². The number of hydrogen-bond acceptors (Lipinski definition) is 1. The Morgan fingerprint density at radius 3 is 1.87 bits per heavy atom. The fourth-order valence-electron chi connectivity index (χ4n) is 2.23. The van der Waals surface area contributed by atoms with Gasteiger partial charge in [0.2, 0.25) is 0 Å². The maximum absolute atomic E-state index is 2.30. The van der Waals surface area contributed by atoms with Gasteiger partial charge in [0.1, 0.15) is 0 Å². The molecular formula is C14H24S. The number of aryl methyl sites for hydroxylation is 2. The van der Waals surface area contributed by atoms with Crippen LogP contribution < -0.4 is 0 Å². The van der Waals surface area contributed by atoms with E-state index in [1.807, 2.05) is 0 Å². The third kappa shape index (κ3) is 2.84. The zero-order valence-corrected chi connectivity index (χ0v) is 11.5. The summed E-state index contributed by atoms with van der Waals surface area (Å²) in [7, 11) is 0. The molecule has 1 rings (SSSR count). The molecule has 0 bridgehead atoms.